The van der Waals surface area contributed by atoms with E-state index in [1.807, 2.05) is 13.8 Å². The molecule has 9 heteroatoms. The molecular formula is C14H19ClN6O2. The lowest BCUT2D eigenvalue weighted by molar-refractivity contribution is -0.146. The minimum Gasteiger partial charge on any atom is -0.372 e. The predicted octanol–water partition coefficient (Wildman–Crippen LogP) is 0.814. The summed E-state index contributed by atoms with van der Waals surface area (Å²) in [6.45, 7) is 6.34. The molecule has 23 heavy (non-hydrogen) atoms. The van der Waals surface area contributed by atoms with E-state index in [1.54, 1.807) is 32.9 Å². The van der Waals surface area contributed by atoms with Crippen molar-refractivity contribution in [3.05, 3.63) is 29.3 Å². The van der Waals surface area contributed by atoms with Crippen molar-refractivity contribution in [2.45, 2.75) is 32.5 Å². The van der Waals surface area contributed by atoms with Crippen LogP contribution in [-0.2, 0) is 22.6 Å². The third-order valence-electron chi connectivity index (χ3n) is 3.59. The fourth-order valence-corrected chi connectivity index (χ4v) is 2.70. The molecule has 0 bridgehead atoms. The molecule has 0 N–H and O–H groups in total. The van der Waals surface area contributed by atoms with Crippen LogP contribution in [0.25, 0.3) is 0 Å². The largest absolute Gasteiger partial charge is 0.372 e. The van der Waals surface area contributed by atoms with Crippen molar-refractivity contribution in [2.75, 3.05) is 19.7 Å². The highest BCUT2D eigenvalue weighted by Gasteiger charge is 2.30. The molecule has 1 aliphatic heterocycles. The summed E-state index contributed by atoms with van der Waals surface area (Å²) in [6, 6.07) is 0. The van der Waals surface area contributed by atoms with Gasteiger partial charge < -0.3 is 9.64 Å². The number of carbonyl (C=O) groups excluding carboxylic acids is 1. The van der Waals surface area contributed by atoms with Gasteiger partial charge in [-0.2, -0.15) is 5.10 Å². The molecule has 3 rings (SSSR count). The first-order valence-corrected chi connectivity index (χ1v) is 7.78. The van der Waals surface area contributed by atoms with Crippen molar-refractivity contribution in [1.29, 1.82) is 0 Å². The molecule has 0 saturated carbocycles. The van der Waals surface area contributed by atoms with E-state index in [4.69, 9.17) is 16.3 Å². The molecule has 1 saturated heterocycles. The minimum absolute atomic E-state index is 0.0139. The molecule has 1 amide bonds. The van der Waals surface area contributed by atoms with Gasteiger partial charge in [-0.3, -0.25) is 9.48 Å². The Kier molecular flexibility index (Phi) is 4.36. The van der Waals surface area contributed by atoms with Gasteiger partial charge in [-0.25, -0.2) is 4.68 Å². The SMILES string of the molecule is CC1(C)CN(C(=O)Cn2cc(Cn3cc(Cl)cn3)nn2)CCO1. The van der Waals surface area contributed by atoms with Crippen molar-refractivity contribution < 1.29 is 9.53 Å². The number of nitrogens with zero attached hydrogens (tertiary/aromatic N) is 6. The van der Waals surface area contributed by atoms with Crippen molar-refractivity contribution in [3.8, 4) is 0 Å². The second-order valence-electron chi connectivity index (χ2n) is 6.19. The van der Waals surface area contributed by atoms with E-state index >= 15 is 0 Å². The quantitative estimate of drug-likeness (QED) is 0.824. The molecule has 0 radical (unpaired) electrons. The Labute approximate surface area is 139 Å². The van der Waals surface area contributed by atoms with E-state index in [2.05, 4.69) is 15.4 Å². The molecule has 0 aromatic carbocycles. The molecule has 8 nitrogen and oxygen atoms in total. The number of rotatable bonds is 4. The molecule has 1 fully saturated rings. The van der Waals surface area contributed by atoms with E-state index in [9.17, 15) is 4.79 Å². The second-order valence-corrected chi connectivity index (χ2v) is 6.62. The maximum Gasteiger partial charge on any atom is 0.244 e. The lowest BCUT2D eigenvalue weighted by Gasteiger charge is -2.38. The van der Waals surface area contributed by atoms with Crippen molar-refractivity contribution >= 4 is 17.5 Å². The highest BCUT2D eigenvalue weighted by Crippen LogP contribution is 2.16. The molecule has 0 spiro atoms. The van der Waals surface area contributed by atoms with Crippen LogP contribution in [0.4, 0.5) is 0 Å². The third-order valence-corrected chi connectivity index (χ3v) is 3.78. The lowest BCUT2D eigenvalue weighted by Crippen LogP contribution is -2.51. The first-order chi connectivity index (χ1) is 10.9. The Hall–Kier alpha value is -1.93. The molecule has 3 heterocycles. The average molecular weight is 339 g/mol. The Bertz CT molecular complexity index is 695. The normalized spacial score (nSPS) is 17.4. The zero-order valence-electron chi connectivity index (χ0n) is 13.1. The van der Waals surface area contributed by atoms with E-state index in [0.29, 0.717) is 31.3 Å². The number of aromatic nitrogens is 5. The maximum atomic E-state index is 12.4. The number of hydrogen-bond acceptors (Lipinski definition) is 5. The molecule has 1 aliphatic rings. The Morgan fingerprint density at radius 1 is 1.39 bits per heavy atom. The monoisotopic (exact) mass is 338 g/mol. The smallest absolute Gasteiger partial charge is 0.244 e. The molecule has 124 valence electrons. The number of amides is 1. The molecule has 0 unspecified atom stereocenters. The highest BCUT2D eigenvalue weighted by atomic mass is 35.5. The van der Waals surface area contributed by atoms with E-state index in [-0.39, 0.29) is 18.1 Å². The number of carbonyl (C=O) groups is 1. The van der Waals surface area contributed by atoms with Crippen LogP contribution in [0.3, 0.4) is 0 Å². The summed E-state index contributed by atoms with van der Waals surface area (Å²) >= 11 is 5.82. The number of halogens is 1. The van der Waals surface area contributed by atoms with E-state index in [1.165, 1.54) is 0 Å². The van der Waals surface area contributed by atoms with E-state index < -0.39 is 0 Å². The topological polar surface area (TPSA) is 78.1 Å². The van der Waals surface area contributed by atoms with Gasteiger partial charge in [-0.05, 0) is 13.8 Å². The van der Waals surface area contributed by atoms with Gasteiger partial charge in [0.15, 0.2) is 0 Å². The summed E-state index contributed by atoms with van der Waals surface area (Å²) in [5.41, 5.74) is 0.417. The van der Waals surface area contributed by atoms with Crippen molar-refractivity contribution in [2.24, 2.45) is 0 Å². The van der Waals surface area contributed by atoms with E-state index in [0.717, 1.165) is 5.69 Å². The van der Waals surface area contributed by atoms with Gasteiger partial charge in [0, 0.05) is 19.3 Å². The number of ether oxygens (including phenoxy) is 1. The minimum atomic E-state index is -0.305. The van der Waals surface area contributed by atoms with Crippen LogP contribution < -0.4 is 0 Å². The summed E-state index contributed by atoms with van der Waals surface area (Å²) < 4.78 is 8.84. The zero-order valence-corrected chi connectivity index (χ0v) is 13.9. The number of morpholine rings is 1. The molecule has 0 aliphatic carbocycles. The average Bonchev–Trinajstić information content (AvgIpc) is 3.07. The molecule has 2 aromatic heterocycles. The predicted molar refractivity (Wildman–Crippen MR) is 83.0 cm³/mol. The molecule has 2 aromatic rings. The van der Waals surface area contributed by atoms with Gasteiger partial charge >= 0.3 is 0 Å². The zero-order chi connectivity index (χ0) is 16.4. The first kappa shape index (κ1) is 15.9. The van der Waals surface area contributed by atoms with Crippen LogP contribution in [0, 0.1) is 0 Å². The van der Waals surface area contributed by atoms with Gasteiger partial charge in [-0.15, -0.1) is 5.10 Å². The van der Waals surface area contributed by atoms with Gasteiger partial charge in [0.05, 0.1) is 36.2 Å². The summed E-state index contributed by atoms with van der Waals surface area (Å²) in [5.74, 6) is 0.0139. The maximum absolute atomic E-state index is 12.4. The van der Waals surface area contributed by atoms with Gasteiger partial charge in [0.25, 0.3) is 0 Å². The van der Waals surface area contributed by atoms with Crippen LogP contribution in [0.15, 0.2) is 18.6 Å². The van der Waals surface area contributed by atoms with Gasteiger partial charge in [0.2, 0.25) is 5.91 Å². The van der Waals surface area contributed by atoms with Crippen LogP contribution in [-0.4, -0.2) is 60.9 Å². The Balaban J connectivity index is 1.59. The fourth-order valence-electron chi connectivity index (χ4n) is 2.55. The Morgan fingerprint density at radius 3 is 2.91 bits per heavy atom. The Morgan fingerprint density at radius 2 is 2.22 bits per heavy atom. The second kappa shape index (κ2) is 6.29. The molecular weight excluding hydrogens is 320 g/mol. The van der Waals surface area contributed by atoms with Gasteiger partial charge in [0.1, 0.15) is 12.2 Å². The summed E-state index contributed by atoms with van der Waals surface area (Å²) in [4.78, 5) is 14.2. The van der Waals surface area contributed by atoms with Crippen molar-refractivity contribution in [1.82, 2.24) is 29.7 Å². The van der Waals surface area contributed by atoms with Crippen LogP contribution in [0.5, 0.6) is 0 Å². The highest BCUT2D eigenvalue weighted by molar-refractivity contribution is 6.30. The fraction of sp³-hybridized carbons (Fsp3) is 0.571. The van der Waals surface area contributed by atoms with Crippen LogP contribution in [0.1, 0.15) is 19.5 Å². The summed E-state index contributed by atoms with van der Waals surface area (Å²) in [7, 11) is 0. The molecule has 0 atom stereocenters. The third kappa shape index (κ3) is 4.08. The summed E-state index contributed by atoms with van der Waals surface area (Å²) in [5, 5.41) is 12.7. The number of hydrogen-bond donors (Lipinski definition) is 0. The van der Waals surface area contributed by atoms with Crippen LogP contribution >= 0.6 is 11.6 Å². The first-order valence-electron chi connectivity index (χ1n) is 7.40. The summed E-state index contributed by atoms with van der Waals surface area (Å²) in [6.07, 6.45) is 5.02. The van der Waals surface area contributed by atoms with Gasteiger partial charge in [-0.1, -0.05) is 16.8 Å². The van der Waals surface area contributed by atoms with Crippen LogP contribution in [0.2, 0.25) is 5.02 Å². The van der Waals surface area contributed by atoms with Crippen molar-refractivity contribution in [3.63, 3.8) is 0 Å². The standard InChI is InChI=1S/C14H19ClN6O2/c1-14(2)10-19(3-4-23-14)13(22)9-21-8-12(17-18-21)7-20-6-11(15)5-16-20/h5-6,8H,3-4,7,9-10H2,1-2H3. The lowest BCUT2D eigenvalue weighted by atomic mass is 10.1.